The number of aliphatic hydroxyl groups is 1. The van der Waals surface area contributed by atoms with Gasteiger partial charge < -0.3 is 36.0 Å². The molecule has 0 unspecified atom stereocenters. The number of nitrogens with two attached hydrogens (primary N) is 1. The lowest BCUT2D eigenvalue weighted by Gasteiger charge is -2.41. The number of Topliss-reactive ketones (excluding diaryl/α,β-unsaturated/α-hetero) is 1. The number of aliphatic hydroxyl groups excluding tert-OH is 1. The number of carbonyl (C=O) groups excluding carboxylic acids is 6. The molecule has 5 amide bonds. The first-order chi connectivity index (χ1) is 27.9. The molecule has 0 bridgehead atoms. The monoisotopic (exact) mass is 820 g/mol. The zero-order valence-electron chi connectivity index (χ0n) is 33.2. The molecular weight excluding hydrogens is 770 g/mol. The summed E-state index contributed by atoms with van der Waals surface area (Å²) in [5, 5.41) is 24.5. The van der Waals surface area contributed by atoms with Gasteiger partial charge in [-0.05, 0) is 54.5 Å². The van der Waals surface area contributed by atoms with Gasteiger partial charge in [0.05, 0.1) is 12.1 Å². The van der Waals surface area contributed by atoms with Crippen molar-refractivity contribution in [2.45, 2.75) is 77.5 Å². The van der Waals surface area contributed by atoms with Crippen molar-refractivity contribution >= 4 is 41.3 Å². The van der Waals surface area contributed by atoms with Crippen LogP contribution in [0.4, 0.5) is 8.78 Å². The Labute approximate surface area is 340 Å². The van der Waals surface area contributed by atoms with Gasteiger partial charge in [0.25, 0.3) is 11.8 Å². The van der Waals surface area contributed by atoms with Crippen molar-refractivity contribution in [1.82, 2.24) is 25.0 Å². The highest BCUT2D eigenvalue weighted by molar-refractivity contribution is 6.14. The van der Waals surface area contributed by atoms with Crippen LogP contribution in [0.15, 0.2) is 72.9 Å². The Morgan fingerprint density at radius 3 is 2.24 bits per heavy atom. The van der Waals surface area contributed by atoms with Gasteiger partial charge in [-0.3, -0.25) is 33.7 Å². The third-order valence-corrected chi connectivity index (χ3v) is 9.73. The molecule has 316 valence electrons. The number of carboxylic acid groups (broad SMARTS) is 1. The lowest BCUT2D eigenvalue weighted by atomic mass is 9.82. The van der Waals surface area contributed by atoms with Gasteiger partial charge in [0, 0.05) is 67.6 Å². The highest BCUT2D eigenvalue weighted by Gasteiger charge is 2.37. The molecule has 3 atom stereocenters. The summed E-state index contributed by atoms with van der Waals surface area (Å²) >= 11 is 0. The molecule has 1 aromatic heterocycles. The quantitative estimate of drug-likeness (QED) is 0.0781. The number of ketones is 1. The largest absolute Gasteiger partial charge is 0.480 e. The Morgan fingerprint density at radius 2 is 1.61 bits per heavy atom. The number of hydrogen-bond donors (Lipinski definition) is 5. The van der Waals surface area contributed by atoms with Crippen LogP contribution in [-0.2, 0) is 40.1 Å². The van der Waals surface area contributed by atoms with Gasteiger partial charge in [-0.2, -0.15) is 0 Å². The number of aromatic nitrogens is 1. The fraction of sp³-hybridized carbons (Fsp3) is 0.405. The first kappa shape index (κ1) is 45.6. The van der Waals surface area contributed by atoms with E-state index in [1.165, 1.54) is 4.90 Å². The van der Waals surface area contributed by atoms with E-state index in [9.17, 15) is 48.2 Å². The minimum atomic E-state index is -1.44. The molecule has 1 aliphatic rings. The Morgan fingerprint density at radius 1 is 0.932 bits per heavy atom. The summed E-state index contributed by atoms with van der Waals surface area (Å²) in [4.78, 5) is 88.4. The van der Waals surface area contributed by atoms with E-state index in [0.29, 0.717) is 22.7 Å². The number of halogens is 2. The first-order valence-electron chi connectivity index (χ1n) is 19.1. The van der Waals surface area contributed by atoms with E-state index in [-0.39, 0.29) is 56.5 Å². The van der Waals surface area contributed by atoms with Crippen molar-refractivity contribution in [3.05, 3.63) is 95.8 Å². The van der Waals surface area contributed by atoms with Crippen LogP contribution < -0.4 is 16.4 Å². The molecular formula is C42H50F2N6O9. The summed E-state index contributed by atoms with van der Waals surface area (Å²) in [6, 6.07) is 11.0. The molecule has 4 rings (SSSR count). The molecule has 0 saturated heterocycles. The van der Waals surface area contributed by atoms with Crippen LogP contribution in [0, 0.1) is 17.0 Å². The minimum absolute atomic E-state index is 0.0194. The molecule has 6 N–H and O–H groups in total. The number of carbonyl (C=O) groups is 7. The number of benzene rings is 2. The summed E-state index contributed by atoms with van der Waals surface area (Å²) in [7, 11) is 0. The molecule has 1 aliphatic heterocycles. The molecule has 0 spiro atoms. The summed E-state index contributed by atoms with van der Waals surface area (Å²) in [5.41, 5.74) is 7.47. The molecule has 0 radical (unpaired) electrons. The number of carboxylic acids is 1. The molecule has 2 aromatic carbocycles. The van der Waals surface area contributed by atoms with Crippen molar-refractivity contribution in [3.63, 3.8) is 0 Å². The fourth-order valence-corrected chi connectivity index (χ4v) is 6.80. The van der Waals surface area contributed by atoms with E-state index < -0.39 is 83.8 Å². The van der Waals surface area contributed by atoms with E-state index >= 15 is 4.39 Å². The minimum Gasteiger partial charge on any atom is -0.480 e. The number of rotatable bonds is 21. The molecule has 15 nitrogen and oxygen atoms in total. The summed E-state index contributed by atoms with van der Waals surface area (Å²) in [6.45, 7) is 4.49. The van der Waals surface area contributed by atoms with E-state index in [1.54, 1.807) is 12.3 Å². The summed E-state index contributed by atoms with van der Waals surface area (Å²) in [5.74, 6) is -6.46. The smallest absolute Gasteiger partial charge is 0.326 e. The Hall–Kier alpha value is -6.07. The molecule has 59 heavy (non-hydrogen) atoms. The molecule has 0 saturated carbocycles. The first-order valence-corrected chi connectivity index (χ1v) is 19.1. The second-order valence-corrected chi connectivity index (χ2v) is 15.3. The zero-order valence-corrected chi connectivity index (χ0v) is 33.2. The van der Waals surface area contributed by atoms with Crippen molar-refractivity contribution < 1.29 is 52.6 Å². The van der Waals surface area contributed by atoms with E-state index in [2.05, 4.69) is 10.6 Å². The number of amides is 5. The second kappa shape index (κ2) is 20.6. The van der Waals surface area contributed by atoms with Gasteiger partial charge in [-0.15, -0.1) is 0 Å². The average Bonchev–Trinajstić information content (AvgIpc) is 3.73. The Bertz CT molecular complexity index is 2050. The van der Waals surface area contributed by atoms with Gasteiger partial charge in [0.2, 0.25) is 17.7 Å². The van der Waals surface area contributed by atoms with E-state index in [0.717, 1.165) is 35.9 Å². The van der Waals surface area contributed by atoms with Crippen LogP contribution in [0.1, 0.15) is 70.2 Å². The highest BCUT2D eigenvalue weighted by Crippen LogP contribution is 2.41. The topological polar surface area (TPSA) is 221 Å². The summed E-state index contributed by atoms with van der Waals surface area (Å²) in [6.07, 6.45) is 3.38. The summed E-state index contributed by atoms with van der Waals surface area (Å²) < 4.78 is 31.2. The van der Waals surface area contributed by atoms with Gasteiger partial charge in [0.1, 0.15) is 36.6 Å². The van der Waals surface area contributed by atoms with Crippen LogP contribution in [-0.4, -0.2) is 104 Å². The lowest BCUT2D eigenvalue weighted by molar-refractivity contribution is -0.144. The van der Waals surface area contributed by atoms with Crippen molar-refractivity contribution in [2.24, 2.45) is 11.1 Å². The third kappa shape index (κ3) is 12.7. The maximum atomic E-state index is 15.0. The third-order valence-electron chi connectivity index (χ3n) is 9.73. The Kier molecular flexibility index (Phi) is 15.9. The van der Waals surface area contributed by atoms with E-state index in [4.69, 9.17) is 5.73 Å². The van der Waals surface area contributed by atoms with E-state index in [1.807, 2.05) is 55.7 Å². The predicted octanol–water partition coefficient (Wildman–Crippen LogP) is 2.85. The van der Waals surface area contributed by atoms with Crippen LogP contribution >= 0.6 is 0 Å². The number of nitrogens with one attached hydrogen (secondary N) is 2. The second-order valence-electron chi connectivity index (χ2n) is 15.3. The lowest BCUT2D eigenvalue weighted by Crippen LogP contribution is -2.47. The zero-order chi connectivity index (χ0) is 43.4. The molecule has 0 aliphatic carbocycles. The number of imide groups is 1. The molecule has 2 heterocycles. The average molecular weight is 821 g/mol. The van der Waals surface area contributed by atoms with Gasteiger partial charge in [-0.1, -0.05) is 51.1 Å². The number of aliphatic carboxylic acids is 1. The van der Waals surface area contributed by atoms with Crippen molar-refractivity contribution in [3.8, 4) is 11.1 Å². The standard InChI is InChI=1S/C42H50F2N6O9/c1-42(2,3)39(34-20-27(30-21-28(43)11-13-31(30)44)23-48(34)22-26-8-5-4-6-9-26)49(38(56)25-51)19-17-32(45)40(57)46-18-7-10-29(52)12-14-33(41(58)59)47-35(53)24-50-36(54)15-16-37(50)55/h4-6,8-9,11,13,15-16,20-21,23,32-33,39,51H,7,10,12,14,17-19,22,24-25,45H2,1-3H3,(H,46,57)(H,47,53)(H,58,59)/t32-,33-,39-/m0/s1. The molecule has 0 fully saturated rings. The maximum absolute atomic E-state index is 15.0. The normalized spacial score (nSPS) is 14.2. The van der Waals surface area contributed by atoms with Crippen LogP contribution in [0.25, 0.3) is 11.1 Å². The number of nitrogens with zero attached hydrogens (tertiary/aromatic N) is 3. The van der Waals surface area contributed by atoms with Crippen LogP contribution in [0.3, 0.4) is 0 Å². The van der Waals surface area contributed by atoms with Gasteiger partial charge >= 0.3 is 5.97 Å². The van der Waals surface area contributed by atoms with Crippen LogP contribution in [0.2, 0.25) is 0 Å². The fourth-order valence-electron chi connectivity index (χ4n) is 6.80. The van der Waals surface area contributed by atoms with Crippen molar-refractivity contribution in [1.29, 1.82) is 0 Å². The highest BCUT2D eigenvalue weighted by atomic mass is 19.1. The van der Waals surface area contributed by atoms with Crippen LogP contribution in [0.5, 0.6) is 0 Å². The number of hydrogen-bond acceptors (Lipinski definition) is 9. The predicted molar refractivity (Wildman–Crippen MR) is 211 cm³/mol. The van der Waals surface area contributed by atoms with Gasteiger partial charge in [0.15, 0.2) is 0 Å². The SMILES string of the molecule is CC(C)(C)[C@H](c1cc(-c2cc(F)ccc2F)cn1Cc1ccccc1)N(CC[C@H](N)C(=O)NCCCC(=O)CC[C@H](NC(=O)CN1C(=O)C=CC1=O)C(=O)O)C(=O)CO. The molecule has 17 heteroatoms. The van der Waals surface area contributed by atoms with Gasteiger partial charge in [-0.25, -0.2) is 13.6 Å². The Balaban J connectivity index is 1.37. The maximum Gasteiger partial charge on any atom is 0.326 e. The molecule has 3 aromatic rings. The van der Waals surface area contributed by atoms with Crippen molar-refractivity contribution in [2.75, 3.05) is 26.2 Å².